The molecule has 35 heavy (non-hydrogen) atoms. The Kier molecular flexibility index (Phi) is 7.36. The number of nitrogens with one attached hydrogen (secondary N) is 2. The molecule has 1 saturated heterocycles. The number of amides is 2. The maximum atomic E-state index is 13.2. The normalized spacial score (nSPS) is 13.5. The molecular formula is C26H27N3O5S. The third-order valence-corrected chi connectivity index (χ3v) is 7.15. The van der Waals surface area contributed by atoms with E-state index in [1.54, 1.807) is 18.2 Å². The number of para-hydroxylation sites is 1. The van der Waals surface area contributed by atoms with E-state index in [0.717, 1.165) is 5.56 Å². The number of ether oxygens (including phenoxy) is 1. The number of anilines is 2. The zero-order valence-electron chi connectivity index (χ0n) is 19.4. The van der Waals surface area contributed by atoms with Crippen LogP contribution in [0.1, 0.15) is 28.8 Å². The lowest BCUT2D eigenvalue weighted by atomic mass is 10.1. The first-order valence-corrected chi connectivity index (χ1v) is 12.8. The van der Waals surface area contributed by atoms with Gasteiger partial charge in [-0.25, -0.2) is 8.42 Å². The highest BCUT2D eigenvalue weighted by Gasteiger charge is 2.27. The van der Waals surface area contributed by atoms with Crippen LogP contribution in [0.5, 0.6) is 5.75 Å². The molecule has 0 unspecified atom stereocenters. The number of methoxy groups -OCH3 is 1. The summed E-state index contributed by atoms with van der Waals surface area (Å²) in [6.45, 7) is 0.910. The van der Waals surface area contributed by atoms with Crippen LogP contribution in [0.15, 0.2) is 77.7 Å². The fourth-order valence-electron chi connectivity index (χ4n) is 3.98. The minimum Gasteiger partial charge on any atom is -0.495 e. The molecule has 0 atom stereocenters. The van der Waals surface area contributed by atoms with Crippen molar-refractivity contribution < 1.29 is 22.7 Å². The third kappa shape index (κ3) is 5.63. The van der Waals surface area contributed by atoms with Gasteiger partial charge < -0.3 is 15.0 Å². The number of sulfonamides is 1. The summed E-state index contributed by atoms with van der Waals surface area (Å²) in [6.07, 6.45) is 1.76. The van der Waals surface area contributed by atoms with E-state index in [4.69, 9.17) is 4.74 Å². The first-order valence-electron chi connectivity index (χ1n) is 11.3. The van der Waals surface area contributed by atoms with E-state index in [1.165, 1.54) is 36.3 Å². The summed E-state index contributed by atoms with van der Waals surface area (Å²) in [4.78, 5) is 26.6. The quantitative estimate of drug-likeness (QED) is 0.474. The Bertz CT molecular complexity index is 1330. The molecule has 3 aromatic carbocycles. The molecule has 8 nitrogen and oxygen atoms in total. The molecule has 0 spiro atoms. The number of nitrogens with zero attached hydrogens (tertiary/aromatic N) is 1. The Hall–Kier alpha value is -3.85. The van der Waals surface area contributed by atoms with Gasteiger partial charge >= 0.3 is 0 Å². The average molecular weight is 494 g/mol. The lowest BCUT2D eigenvalue weighted by Crippen LogP contribution is -2.27. The van der Waals surface area contributed by atoms with Gasteiger partial charge in [-0.05, 0) is 48.7 Å². The number of carbonyl (C=O) groups excluding carboxylic acids is 2. The van der Waals surface area contributed by atoms with Gasteiger partial charge in [-0.1, -0.05) is 42.5 Å². The van der Waals surface area contributed by atoms with Crippen LogP contribution < -0.4 is 19.7 Å². The Labute approximate surface area is 205 Å². The summed E-state index contributed by atoms with van der Waals surface area (Å²) in [6, 6.07) is 20.6. The van der Waals surface area contributed by atoms with Crippen molar-refractivity contribution in [3.05, 3.63) is 83.9 Å². The number of carbonyl (C=O) groups is 2. The summed E-state index contributed by atoms with van der Waals surface area (Å²) in [5.74, 6) is -0.0435. The van der Waals surface area contributed by atoms with Gasteiger partial charge in [0.05, 0.1) is 28.9 Å². The van der Waals surface area contributed by atoms with Crippen LogP contribution in [0, 0.1) is 0 Å². The van der Waals surface area contributed by atoms with E-state index < -0.39 is 10.0 Å². The Balaban J connectivity index is 1.53. The van der Waals surface area contributed by atoms with Gasteiger partial charge in [-0.3, -0.25) is 14.3 Å². The topological polar surface area (TPSA) is 105 Å². The average Bonchev–Trinajstić information content (AvgIpc) is 3.30. The number of hydrogen-bond donors (Lipinski definition) is 2. The highest BCUT2D eigenvalue weighted by Crippen LogP contribution is 2.34. The first kappa shape index (κ1) is 24.3. The van der Waals surface area contributed by atoms with Gasteiger partial charge in [-0.15, -0.1) is 0 Å². The van der Waals surface area contributed by atoms with E-state index in [0.29, 0.717) is 43.8 Å². The van der Waals surface area contributed by atoms with Gasteiger partial charge in [0, 0.05) is 19.5 Å². The van der Waals surface area contributed by atoms with Crippen molar-refractivity contribution in [1.29, 1.82) is 0 Å². The SMILES string of the molecule is COc1ccc(S(=O)(=O)Nc2ccccc2C(=O)NCCc2ccccc2)cc1N1CCCC1=O. The molecule has 2 N–H and O–H groups in total. The Morgan fingerprint density at radius 1 is 1.03 bits per heavy atom. The predicted octanol–water partition coefficient (Wildman–Crippen LogP) is 3.60. The largest absolute Gasteiger partial charge is 0.495 e. The predicted molar refractivity (Wildman–Crippen MR) is 134 cm³/mol. The minimum atomic E-state index is -4.05. The summed E-state index contributed by atoms with van der Waals surface area (Å²) >= 11 is 0. The highest BCUT2D eigenvalue weighted by atomic mass is 32.2. The molecule has 0 aliphatic carbocycles. The van der Waals surface area contributed by atoms with Crippen molar-refractivity contribution in [1.82, 2.24) is 5.32 Å². The summed E-state index contributed by atoms with van der Waals surface area (Å²) in [5.41, 5.74) is 1.88. The van der Waals surface area contributed by atoms with Crippen molar-refractivity contribution in [3.63, 3.8) is 0 Å². The Morgan fingerprint density at radius 3 is 2.49 bits per heavy atom. The zero-order chi connectivity index (χ0) is 24.8. The van der Waals surface area contributed by atoms with Crippen LogP contribution in [0.4, 0.5) is 11.4 Å². The van der Waals surface area contributed by atoms with Crippen LogP contribution in [0.25, 0.3) is 0 Å². The second kappa shape index (κ2) is 10.6. The molecule has 1 fully saturated rings. The maximum absolute atomic E-state index is 13.2. The van der Waals surface area contributed by atoms with E-state index in [-0.39, 0.29) is 28.0 Å². The van der Waals surface area contributed by atoms with Crippen LogP contribution in [0.2, 0.25) is 0 Å². The molecule has 1 heterocycles. The second-order valence-electron chi connectivity index (χ2n) is 8.13. The lowest BCUT2D eigenvalue weighted by Gasteiger charge is -2.20. The molecule has 0 aromatic heterocycles. The minimum absolute atomic E-state index is 0.0349. The molecular weight excluding hydrogens is 466 g/mol. The highest BCUT2D eigenvalue weighted by molar-refractivity contribution is 7.92. The van der Waals surface area contributed by atoms with Gasteiger partial charge in [0.15, 0.2) is 0 Å². The van der Waals surface area contributed by atoms with Crippen molar-refractivity contribution >= 4 is 33.2 Å². The fraction of sp³-hybridized carbons (Fsp3) is 0.231. The molecule has 9 heteroatoms. The molecule has 3 aromatic rings. The molecule has 4 rings (SSSR count). The zero-order valence-corrected chi connectivity index (χ0v) is 20.2. The molecule has 182 valence electrons. The summed E-state index contributed by atoms with van der Waals surface area (Å²) < 4.78 is 34.3. The molecule has 1 aliphatic rings. The van der Waals surface area contributed by atoms with E-state index in [9.17, 15) is 18.0 Å². The maximum Gasteiger partial charge on any atom is 0.261 e. The molecule has 0 radical (unpaired) electrons. The molecule has 0 bridgehead atoms. The monoisotopic (exact) mass is 493 g/mol. The first-order chi connectivity index (χ1) is 16.9. The second-order valence-corrected chi connectivity index (χ2v) is 9.81. The van der Waals surface area contributed by atoms with E-state index in [2.05, 4.69) is 10.0 Å². The fourth-order valence-corrected chi connectivity index (χ4v) is 5.08. The van der Waals surface area contributed by atoms with Gasteiger partial charge in [-0.2, -0.15) is 0 Å². The van der Waals surface area contributed by atoms with Crippen molar-refractivity contribution in [2.45, 2.75) is 24.2 Å². The standard InChI is InChI=1S/C26H27N3O5S/c1-34-24-14-13-20(18-23(24)29-17-7-12-25(29)30)35(32,33)28-22-11-6-5-10-21(22)26(31)27-16-15-19-8-3-2-4-9-19/h2-6,8-11,13-14,18,28H,7,12,15-17H2,1H3,(H,27,31). The smallest absolute Gasteiger partial charge is 0.261 e. The van der Waals surface area contributed by atoms with E-state index >= 15 is 0 Å². The van der Waals surface area contributed by atoms with Gasteiger partial charge in [0.2, 0.25) is 5.91 Å². The summed E-state index contributed by atoms with van der Waals surface area (Å²) in [5, 5.41) is 2.85. The third-order valence-electron chi connectivity index (χ3n) is 5.78. The van der Waals surface area contributed by atoms with Crippen LogP contribution in [-0.2, 0) is 21.2 Å². The van der Waals surface area contributed by atoms with Crippen molar-refractivity contribution in [3.8, 4) is 5.75 Å². The molecule has 0 saturated carbocycles. The number of rotatable bonds is 9. The van der Waals surface area contributed by atoms with Crippen LogP contribution in [0.3, 0.4) is 0 Å². The van der Waals surface area contributed by atoms with Gasteiger partial charge in [0.25, 0.3) is 15.9 Å². The van der Waals surface area contributed by atoms with Crippen molar-refractivity contribution in [2.24, 2.45) is 0 Å². The lowest BCUT2D eigenvalue weighted by molar-refractivity contribution is -0.117. The number of hydrogen-bond acceptors (Lipinski definition) is 5. The summed E-state index contributed by atoms with van der Waals surface area (Å²) in [7, 11) is -2.58. The van der Waals surface area contributed by atoms with Crippen LogP contribution >= 0.6 is 0 Å². The number of benzene rings is 3. The molecule has 2 amide bonds. The van der Waals surface area contributed by atoms with Crippen LogP contribution in [-0.4, -0.2) is 40.4 Å². The molecule has 1 aliphatic heterocycles. The van der Waals surface area contributed by atoms with Crippen molar-refractivity contribution in [2.75, 3.05) is 29.8 Å². The van der Waals surface area contributed by atoms with Gasteiger partial charge in [0.1, 0.15) is 5.75 Å². The Morgan fingerprint density at radius 2 is 1.77 bits per heavy atom. The van der Waals surface area contributed by atoms with E-state index in [1.807, 2.05) is 30.3 Å².